The summed E-state index contributed by atoms with van der Waals surface area (Å²) >= 11 is 0. The fourth-order valence-electron chi connectivity index (χ4n) is 1.46. The Balaban J connectivity index is 2.35. The van der Waals surface area contributed by atoms with Crippen LogP contribution in [0, 0.1) is 0 Å². The predicted octanol–water partition coefficient (Wildman–Crippen LogP) is 3.17. The predicted molar refractivity (Wildman–Crippen MR) is 62.1 cm³/mol. The van der Waals surface area contributed by atoms with Crippen LogP contribution in [0.1, 0.15) is 31.6 Å². The minimum atomic E-state index is -1.69. The van der Waals surface area contributed by atoms with Crippen molar-refractivity contribution in [2.24, 2.45) is 0 Å². The molecule has 0 aliphatic carbocycles. The Bertz CT molecular complexity index is 306. The van der Waals surface area contributed by atoms with E-state index >= 15 is 0 Å². The maximum atomic E-state index is 13.2. The van der Waals surface area contributed by atoms with Gasteiger partial charge in [-0.2, -0.15) is 0 Å². The second-order valence-corrected chi connectivity index (χ2v) is 3.92. The quantitative estimate of drug-likeness (QED) is 0.746. The lowest BCUT2D eigenvalue weighted by Crippen LogP contribution is -2.24. The van der Waals surface area contributed by atoms with Crippen molar-refractivity contribution in [1.29, 1.82) is 0 Å². The highest BCUT2D eigenvalue weighted by Crippen LogP contribution is 2.17. The van der Waals surface area contributed by atoms with Gasteiger partial charge in [-0.05, 0) is 6.42 Å². The molecule has 2 nitrogen and oxygen atoms in total. The summed E-state index contributed by atoms with van der Waals surface area (Å²) in [6.07, 6.45) is -3.66. The number of hydrogen-bond acceptors (Lipinski definition) is 2. The third kappa shape index (κ3) is 4.79. The van der Waals surface area contributed by atoms with E-state index in [4.69, 9.17) is 4.74 Å². The van der Waals surface area contributed by atoms with E-state index in [1.807, 2.05) is 0 Å². The van der Waals surface area contributed by atoms with E-state index in [1.54, 1.807) is 37.3 Å². The van der Waals surface area contributed by atoms with E-state index in [9.17, 15) is 13.9 Å². The molecular formula is C13H18F2O2. The van der Waals surface area contributed by atoms with E-state index in [0.29, 0.717) is 12.0 Å². The fourth-order valence-corrected chi connectivity index (χ4v) is 1.46. The molecule has 0 saturated carbocycles. The molecule has 0 heterocycles. The first-order valence-electron chi connectivity index (χ1n) is 5.78. The molecule has 1 aromatic rings. The maximum absolute atomic E-state index is 13.2. The normalized spacial score (nSPS) is 16.5. The highest BCUT2D eigenvalue weighted by molar-refractivity contribution is 5.15. The van der Waals surface area contributed by atoms with Crippen molar-refractivity contribution in [3.8, 4) is 0 Å². The van der Waals surface area contributed by atoms with Crippen molar-refractivity contribution in [3.63, 3.8) is 0 Å². The molecule has 4 heteroatoms. The van der Waals surface area contributed by atoms with Gasteiger partial charge in [0, 0.05) is 5.56 Å². The maximum Gasteiger partial charge on any atom is 0.181 e. The minimum absolute atomic E-state index is 0.173. The molecule has 0 amide bonds. The molecule has 96 valence electrons. The Morgan fingerprint density at radius 1 is 1.18 bits per heavy atom. The number of aliphatic hydroxyl groups is 1. The summed E-state index contributed by atoms with van der Waals surface area (Å²) in [6, 6.07) is 8.61. The molecule has 0 aromatic heterocycles. The molecule has 1 rings (SSSR count). The summed E-state index contributed by atoms with van der Waals surface area (Å²) in [5.41, 5.74) is 0.533. The van der Waals surface area contributed by atoms with Crippen LogP contribution >= 0.6 is 0 Å². The van der Waals surface area contributed by atoms with Crippen molar-refractivity contribution in [2.45, 2.75) is 38.4 Å². The molecule has 0 aliphatic heterocycles. The summed E-state index contributed by atoms with van der Waals surface area (Å²) in [7, 11) is 0. The van der Waals surface area contributed by atoms with Gasteiger partial charge >= 0.3 is 0 Å². The van der Waals surface area contributed by atoms with Gasteiger partial charge in [-0.3, -0.25) is 0 Å². The van der Waals surface area contributed by atoms with E-state index in [1.165, 1.54) is 0 Å². The first-order valence-corrected chi connectivity index (χ1v) is 5.78. The number of hydrogen-bond donors (Lipinski definition) is 1. The fraction of sp³-hybridized carbons (Fsp3) is 0.538. The molecule has 0 fully saturated rings. The van der Waals surface area contributed by atoms with Crippen molar-refractivity contribution < 1.29 is 18.6 Å². The monoisotopic (exact) mass is 244 g/mol. The summed E-state index contributed by atoms with van der Waals surface area (Å²) in [5, 5.41) is 9.57. The van der Waals surface area contributed by atoms with E-state index in [2.05, 4.69) is 0 Å². The van der Waals surface area contributed by atoms with Gasteiger partial charge in [0.2, 0.25) is 0 Å². The molecule has 0 spiro atoms. The molecule has 0 bridgehead atoms. The van der Waals surface area contributed by atoms with Gasteiger partial charge < -0.3 is 9.84 Å². The van der Waals surface area contributed by atoms with Gasteiger partial charge in [-0.15, -0.1) is 0 Å². The topological polar surface area (TPSA) is 29.5 Å². The number of aliphatic hydroxyl groups excluding tert-OH is 1. The van der Waals surface area contributed by atoms with Crippen LogP contribution in [-0.2, 0) is 4.74 Å². The van der Waals surface area contributed by atoms with Crippen molar-refractivity contribution >= 4 is 0 Å². The third-order valence-electron chi connectivity index (χ3n) is 2.45. The molecule has 17 heavy (non-hydrogen) atoms. The van der Waals surface area contributed by atoms with Gasteiger partial charge in [0.05, 0.1) is 6.61 Å². The van der Waals surface area contributed by atoms with Gasteiger partial charge in [0.25, 0.3) is 0 Å². The third-order valence-corrected chi connectivity index (χ3v) is 2.45. The SMILES string of the molecule is CCCC(F)C(F)COC(O)c1ccccc1. The number of halogens is 2. The number of alkyl halides is 2. The lowest BCUT2D eigenvalue weighted by Gasteiger charge is -2.16. The van der Waals surface area contributed by atoms with E-state index in [-0.39, 0.29) is 6.42 Å². The van der Waals surface area contributed by atoms with Gasteiger partial charge in [0.1, 0.15) is 6.17 Å². The Kier molecular flexibility index (Phi) is 6.08. The average molecular weight is 244 g/mol. The van der Waals surface area contributed by atoms with Crippen LogP contribution in [0.4, 0.5) is 8.78 Å². The summed E-state index contributed by atoms with van der Waals surface area (Å²) in [4.78, 5) is 0. The van der Waals surface area contributed by atoms with Crippen LogP contribution in [0.5, 0.6) is 0 Å². The number of ether oxygens (including phenoxy) is 1. The van der Waals surface area contributed by atoms with Crippen molar-refractivity contribution in [3.05, 3.63) is 35.9 Å². The van der Waals surface area contributed by atoms with Gasteiger partial charge in [-0.25, -0.2) is 8.78 Å². The Labute approximate surface area is 100 Å². The average Bonchev–Trinajstić information content (AvgIpc) is 2.36. The molecule has 0 radical (unpaired) electrons. The lowest BCUT2D eigenvalue weighted by molar-refractivity contribution is -0.122. The highest BCUT2D eigenvalue weighted by atomic mass is 19.2. The largest absolute Gasteiger partial charge is 0.364 e. The zero-order valence-corrected chi connectivity index (χ0v) is 9.85. The van der Waals surface area contributed by atoms with Crippen molar-refractivity contribution in [2.75, 3.05) is 6.61 Å². The van der Waals surface area contributed by atoms with Gasteiger partial charge in [0.15, 0.2) is 12.5 Å². The molecule has 0 aliphatic rings. The zero-order chi connectivity index (χ0) is 12.7. The molecular weight excluding hydrogens is 226 g/mol. The summed E-state index contributed by atoms with van der Waals surface area (Å²) < 4.78 is 31.3. The molecule has 0 saturated heterocycles. The molecule has 3 unspecified atom stereocenters. The first-order chi connectivity index (χ1) is 8.15. The van der Waals surface area contributed by atoms with Crippen molar-refractivity contribution in [1.82, 2.24) is 0 Å². The number of rotatable bonds is 7. The Hall–Kier alpha value is -1.00. The van der Waals surface area contributed by atoms with E-state index < -0.39 is 25.2 Å². The Morgan fingerprint density at radius 2 is 1.82 bits per heavy atom. The minimum Gasteiger partial charge on any atom is -0.364 e. The van der Waals surface area contributed by atoms with Crippen LogP contribution in [0.2, 0.25) is 0 Å². The Morgan fingerprint density at radius 3 is 2.41 bits per heavy atom. The standard InChI is InChI=1S/C13H18F2O2/c1-2-6-11(14)12(15)9-17-13(16)10-7-4-3-5-8-10/h3-5,7-8,11-13,16H,2,6,9H2,1H3. The van der Waals surface area contributed by atoms with Crippen LogP contribution < -0.4 is 0 Å². The summed E-state index contributed by atoms with van der Waals surface area (Å²) in [6.45, 7) is 1.36. The smallest absolute Gasteiger partial charge is 0.181 e. The molecule has 1 N–H and O–H groups in total. The highest BCUT2D eigenvalue weighted by Gasteiger charge is 2.21. The summed E-state index contributed by atoms with van der Waals surface area (Å²) in [5.74, 6) is 0. The zero-order valence-electron chi connectivity index (χ0n) is 9.85. The van der Waals surface area contributed by atoms with Crippen LogP contribution in [0.15, 0.2) is 30.3 Å². The molecule has 3 atom stereocenters. The van der Waals surface area contributed by atoms with Crippen LogP contribution in [0.3, 0.4) is 0 Å². The molecule has 1 aromatic carbocycles. The second-order valence-electron chi connectivity index (χ2n) is 3.92. The second kappa shape index (κ2) is 7.35. The lowest BCUT2D eigenvalue weighted by atomic mass is 10.1. The van der Waals surface area contributed by atoms with Crippen LogP contribution in [-0.4, -0.2) is 24.1 Å². The van der Waals surface area contributed by atoms with Gasteiger partial charge in [-0.1, -0.05) is 43.7 Å². The first kappa shape index (κ1) is 14.1. The number of benzene rings is 1. The van der Waals surface area contributed by atoms with E-state index in [0.717, 1.165) is 0 Å². The van der Waals surface area contributed by atoms with Crippen LogP contribution in [0.25, 0.3) is 0 Å².